The van der Waals surface area contributed by atoms with Gasteiger partial charge in [0.2, 0.25) is 0 Å². The van der Waals surface area contributed by atoms with Crippen LogP contribution < -0.4 is 10.6 Å². The van der Waals surface area contributed by atoms with Crippen LogP contribution >= 0.6 is 31.9 Å². The molecule has 1 atom stereocenters. The zero-order chi connectivity index (χ0) is 10.8. The first-order valence-electron chi connectivity index (χ1n) is 4.80. The summed E-state index contributed by atoms with van der Waals surface area (Å²) >= 11 is 6.76. The summed E-state index contributed by atoms with van der Waals surface area (Å²) in [6.45, 7) is 2.75. The Hall–Kier alpha value is -0.100. The Morgan fingerprint density at radius 3 is 2.73 bits per heavy atom. The Kier molecular flexibility index (Phi) is 3.66. The van der Waals surface area contributed by atoms with Crippen LogP contribution in [0.1, 0.15) is 11.6 Å². The van der Waals surface area contributed by atoms with Crippen molar-refractivity contribution in [3.63, 3.8) is 0 Å². The summed E-state index contributed by atoms with van der Waals surface area (Å²) in [5, 5.41) is 16.6. The summed E-state index contributed by atoms with van der Waals surface area (Å²) in [5.41, 5.74) is 0.920. The Bertz CT molecular complexity index is 365. The van der Waals surface area contributed by atoms with Gasteiger partial charge >= 0.3 is 0 Å². The molecular weight excluding hydrogens is 324 g/mol. The van der Waals surface area contributed by atoms with Crippen LogP contribution in [0, 0.1) is 0 Å². The lowest BCUT2D eigenvalue weighted by Crippen LogP contribution is -2.42. The van der Waals surface area contributed by atoms with E-state index in [9.17, 15) is 5.11 Å². The van der Waals surface area contributed by atoms with Crippen molar-refractivity contribution in [2.45, 2.75) is 6.04 Å². The van der Waals surface area contributed by atoms with Crippen molar-refractivity contribution in [1.82, 2.24) is 10.6 Å². The molecule has 0 radical (unpaired) electrons. The molecule has 1 aliphatic heterocycles. The highest BCUT2D eigenvalue weighted by Crippen LogP contribution is 2.35. The quantitative estimate of drug-likeness (QED) is 0.737. The predicted octanol–water partition coefficient (Wildman–Crippen LogP) is 2.15. The number of nitrogens with one attached hydrogen (secondary N) is 2. The Balaban J connectivity index is 2.33. The highest BCUT2D eigenvalue weighted by atomic mass is 79.9. The van der Waals surface area contributed by atoms with Crippen LogP contribution in [0.4, 0.5) is 0 Å². The van der Waals surface area contributed by atoms with Crippen molar-refractivity contribution in [2.75, 3.05) is 19.6 Å². The average molecular weight is 336 g/mol. The Morgan fingerprint density at radius 2 is 2.07 bits per heavy atom. The standard InChI is InChI=1S/C10H12Br2N2O/c11-6-3-7(10(15)8(12)4-6)9-5-13-1-2-14-9/h3-4,9,13-15H,1-2,5H2/t9-/m0/s1. The van der Waals surface area contributed by atoms with E-state index in [2.05, 4.69) is 42.5 Å². The minimum atomic E-state index is 0.174. The van der Waals surface area contributed by atoms with E-state index in [0.29, 0.717) is 5.75 Å². The van der Waals surface area contributed by atoms with Gasteiger partial charge in [0.05, 0.1) is 4.47 Å². The second-order valence-corrected chi connectivity index (χ2v) is 5.31. The van der Waals surface area contributed by atoms with Crippen LogP contribution in [0.2, 0.25) is 0 Å². The fourth-order valence-electron chi connectivity index (χ4n) is 1.72. The third kappa shape index (κ3) is 2.53. The van der Waals surface area contributed by atoms with Crippen molar-refractivity contribution in [3.05, 3.63) is 26.6 Å². The van der Waals surface area contributed by atoms with E-state index in [4.69, 9.17) is 0 Å². The van der Waals surface area contributed by atoms with E-state index in [0.717, 1.165) is 34.1 Å². The van der Waals surface area contributed by atoms with Crippen LogP contribution in [0.15, 0.2) is 21.1 Å². The van der Waals surface area contributed by atoms with Crippen molar-refractivity contribution >= 4 is 31.9 Å². The maximum atomic E-state index is 9.94. The maximum absolute atomic E-state index is 9.94. The number of piperazine rings is 1. The first kappa shape index (κ1) is 11.4. The lowest BCUT2D eigenvalue weighted by Gasteiger charge is -2.25. The highest BCUT2D eigenvalue weighted by molar-refractivity contribution is 9.11. The second-order valence-electron chi connectivity index (χ2n) is 3.54. The molecule has 3 N–H and O–H groups in total. The topological polar surface area (TPSA) is 44.3 Å². The van der Waals surface area contributed by atoms with Gasteiger partial charge in [-0.3, -0.25) is 0 Å². The zero-order valence-electron chi connectivity index (χ0n) is 8.06. The molecule has 1 aromatic rings. The molecule has 5 heteroatoms. The van der Waals surface area contributed by atoms with Gasteiger partial charge in [-0.05, 0) is 28.1 Å². The third-order valence-corrected chi connectivity index (χ3v) is 3.54. The SMILES string of the molecule is Oc1c(Br)cc(Br)cc1[C@@H]1CNCCN1. The molecule has 0 amide bonds. The summed E-state index contributed by atoms with van der Waals surface area (Å²) in [6, 6.07) is 3.97. The maximum Gasteiger partial charge on any atom is 0.134 e. The minimum absolute atomic E-state index is 0.174. The number of rotatable bonds is 1. The average Bonchev–Trinajstić information content (AvgIpc) is 2.24. The molecule has 82 valence electrons. The summed E-state index contributed by atoms with van der Waals surface area (Å²) in [4.78, 5) is 0. The number of hydrogen-bond donors (Lipinski definition) is 3. The van der Waals surface area contributed by atoms with Crippen molar-refractivity contribution < 1.29 is 5.11 Å². The number of aromatic hydroxyl groups is 1. The molecule has 1 heterocycles. The van der Waals surface area contributed by atoms with Gasteiger partial charge in [-0.15, -0.1) is 0 Å². The van der Waals surface area contributed by atoms with E-state index >= 15 is 0 Å². The zero-order valence-corrected chi connectivity index (χ0v) is 11.2. The molecular formula is C10H12Br2N2O. The third-order valence-electron chi connectivity index (χ3n) is 2.47. The normalized spacial score (nSPS) is 21.6. The lowest BCUT2D eigenvalue weighted by molar-refractivity contribution is 0.403. The molecule has 0 bridgehead atoms. The van der Waals surface area contributed by atoms with E-state index in [1.165, 1.54) is 0 Å². The predicted molar refractivity (Wildman–Crippen MR) is 67.1 cm³/mol. The van der Waals surface area contributed by atoms with Gasteiger partial charge in [0, 0.05) is 35.7 Å². The van der Waals surface area contributed by atoms with Crippen LogP contribution in [-0.4, -0.2) is 24.7 Å². The van der Waals surface area contributed by atoms with Crippen LogP contribution in [0.5, 0.6) is 5.75 Å². The van der Waals surface area contributed by atoms with Crippen molar-refractivity contribution in [2.24, 2.45) is 0 Å². The smallest absolute Gasteiger partial charge is 0.134 e. The second kappa shape index (κ2) is 4.82. The number of hydrogen-bond acceptors (Lipinski definition) is 3. The van der Waals surface area contributed by atoms with Gasteiger partial charge in [-0.1, -0.05) is 15.9 Å². The van der Waals surface area contributed by atoms with Gasteiger partial charge < -0.3 is 15.7 Å². The lowest BCUT2D eigenvalue weighted by atomic mass is 10.0. The van der Waals surface area contributed by atoms with Crippen molar-refractivity contribution in [3.8, 4) is 5.75 Å². The molecule has 0 spiro atoms. The molecule has 2 rings (SSSR count). The molecule has 0 aliphatic carbocycles. The molecule has 15 heavy (non-hydrogen) atoms. The first-order chi connectivity index (χ1) is 7.18. The molecule has 0 saturated carbocycles. The van der Waals surface area contributed by atoms with E-state index in [1.54, 1.807) is 0 Å². The highest BCUT2D eigenvalue weighted by Gasteiger charge is 2.19. The number of phenolic OH excluding ortho intramolecular Hbond substituents is 1. The van der Waals surface area contributed by atoms with Crippen molar-refractivity contribution in [1.29, 1.82) is 0 Å². The number of benzene rings is 1. The van der Waals surface area contributed by atoms with E-state index in [-0.39, 0.29) is 6.04 Å². The molecule has 1 saturated heterocycles. The number of halogens is 2. The largest absolute Gasteiger partial charge is 0.506 e. The molecule has 1 aromatic carbocycles. The Morgan fingerprint density at radius 1 is 1.27 bits per heavy atom. The number of phenols is 1. The van der Waals surface area contributed by atoms with Crippen LogP contribution in [0.3, 0.4) is 0 Å². The molecule has 0 aromatic heterocycles. The molecule has 1 fully saturated rings. The monoisotopic (exact) mass is 334 g/mol. The van der Waals surface area contributed by atoms with E-state index in [1.807, 2.05) is 12.1 Å². The van der Waals surface area contributed by atoms with E-state index < -0.39 is 0 Å². The molecule has 0 unspecified atom stereocenters. The molecule has 3 nitrogen and oxygen atoms in total. The summed E-state index contributed by atoms with van der Waals surface area (Å²) in [6.07, 6.45) is 0. The summed E-state index contributed by atoms with van der Waals surface area (Å²) < 4.78 is 1.69. The fraction of sp³-hybridized carbons (Fsp3) is 0.400. The summed E-state index contributed by atoms with van der Waals surface area (Å²) in [5.74, 6) is 0.319. The van der Waals surface area contributed by atoms with Gasteiger partial charge in [0.15, 0.2) is 0 Å². The van der Waals surface area contributed by atoms with Gasteiger partial charge in [0.25, 0.3) is 0 Å². The Labute approximate surface area is 106 Å². The summed E-state index contributed by atoms with van der Waals surface area (Å²) in [7, 11) is 0. The van der Waals surface area contributed by atoms with Gasteiger partial charge in [0.1, 0.15) is 5.75 Å². The first-order valence-corrected chi connectivity index (χ1v) is 6.39. The van der Waals surface area contributed by atoms with Crippen LogP contribution in [-0.2, 0) is 0 Å². The van der Waals surface area contributed by atoms with Gasteiger partial charge in [-0.25, -0.2) is 0 Å². The fourth-order valence-corrected chi connectivity index (χ4v) is 2.98. The van der Waals surface area contributed by atoms with Gasteiger partial charge in [-0.2, -0.15) is 0 Å². The van der Waals surface area contributed by atoms with Crippen LogP contribution in [0.25, 0.3) is 0 Å². The molecule has 1 aliphatic rings. The minimum Gasteiger partial charge on any atom is -0.506 e.